The number of thioether (sulfide) groups is 1. The van der Waals surface area contributed by atoms with Crippen LogP contribution in [0, 0.1) is 0 Å². The van der Waals surface area contributed by atoms with Gasteiger partial charge >= 0.3 is 0 Å². The van der Waals surface area contributed by atoms with Gasteiger partial charge in [-0.05, 0) is 49.4 Å². The fourth-order valence-corrected chi connectivity index (χ4v) is 4.14. The second kappa shape index (κ2) is 10.2. The van der Waals surface area contributed by atoms with Gasteiger partial charge in [0.2, 0.25) is 0 Å². The predicted octanol–water partition coefficient (Wildman–Crippen LogP) is 4.60. The molecule has 0 bridgehead atoms. The molecule has 1 heterocycles. The van der Waals surface area contributed by atoms with Crippen LogP contribution in [0.1, 0.15) is 39.5 Å². The summed E-state index contributed by atoms with van der Waals surface area (Å²) in [5, 5.41) is 12.5. The highest BCUT2D eigenvalue weighted by Gasteiger charge is 2.20. The highest BCUT2D eigenvalue weighted by Crippen LogP contribution is 2.23. The van der Waals surface area contributed by atoms with E-state index in [1.165, 1.54) is 17.8 Å². The number of carbonyl (C=O) groups excluding carboxylic acids is 2. The number of carbonyl (C=O) groups is 2. The molecule has 1 aromatic heterocycles. The number of halogens is 2. The Balaban J connectivity index is 1.63. The van der Waals surface area contributed by atoms with Crippen LogP contribution in [0.5, 0.6) is 5.75 Å². The molecule has 0 radical (unpaired) electrons. The van der Waals surface area contributed by atoms with Crippen LogP contribution < -0.4 is 10.1 Å². The molecule has 7 nitrogen and oxygen atoms in total. The van der Waals surface area contributed by atoms with Crippen molar-refractivity contribution in [2.75, 3.05) is 12.9 Å². The van der Waals surface area contributed by atoms with Crippen molar-refractivity contribution < 1.29 is 14.3 Å². The Morgan fingerprint density at radius 2 is 1.87 bits per heavy atom. The van der Waals surface area contributed by atoms with Crippen LogP contribution in [-0.2, 0) is 7.05 Å². The molecular weight excluding hydrogens is 459 g/mol. The van der Waals surface area contributed by atoms with E-state index in [2.05, 4.69) is 15.5 Å². The fraction of sp³-hybridized carbons (Fsp3) is 0.238. The first-order valence-electron chi connectivity index (χ1n) is 9.25. The van der Waals surface area contributed by atoms with E-state index in [0.717, 1.165) is 0 Å². The zero-order valence-corrected chi connectivity index (χ0v) is 19.4. The average Bonchev–Trinajstić information content (AvgIpc) is 3.12. The van der Waals surface area contributed by atoms with Crippen molar-refractivity contribution in [3.8, 4) is 5.75 Å². The number of methoxy groups -OCH3 is 1. The fourth-order valence-electron chi connectivity index (χ4n) is 2.83. The van der Waals surface area contributed by atoms with Crippen LogP contribution in [0.15, 0.2) is 47.6 Å². The molecule has 2 aromatic carbocycles. The third-order valence-corrected chi connectivity index (χ3v) is 6.09. The summed E-state index contributed by atoms with van der Waals surface area (Å²) in [6.45, 7) is 1.79. The molecule has 162 valence electrons. The normalized spacial score (nSPS) is 11.8. The molecule has 10 heteroatoms. The lowest BCUT2D eigenvalue weighted by Crippen LogP contribution is -2.28. The van der Waals surface area contributed by atoms with Gasteiger partial charge in [-0.25, -0.2) is 0 Å². The minimum Gasteiger partial charge on any atom is -0.497 e. The van der Waals surface area contributed by atoms with E-state index in [1.54, 1.807) is 62.0 Å². The molecule has 1 N–H and O–H groups in total. The summed E-state index contributed by atoms with van der Waals surface area (Å²) in [6, 6.07) is 11.2. The summed E-state index contributed by atoms with van der Waals surface area (Å²) >= 11 is 13.3. The Morgan fingerprint density at radius 1 is 1.16 bits per heavy atom. The van der Waals surface area contributed by atoms with E-state index in [-0.39, 0.29) is 22.5 Å². The van der Waals surface area contributed by atoms with Gasteiger partial charge in [-0.2, -0.15) is 0 Å². The van der Waals surface area contributed by atoms with E-state index in [9.17, 15) is 9.59 Å². The van der Waals surface area contributed by atoms with Crippen molar-refractivity contribution in [2.45, 2.75) is 18.1 Å². The Bertz CT molecular complexity index is 1100. The van der Waals surface area contributed by atoms with E-state index < -0.39 is 6.04 Å². The first-order chi connectivity index (χ1) is 14.8. The number of hydrogen-bond acceptors (Lipinski definition) is 6. The van der Waals surface area contributed by atoms with Crippen LogP contribution in [0.4, 0.5) is 0 Å². The number of hydrogen-bond donors (Lipinski definition) is 1. The number of aromatic nitrogens is 3. The number of nitrogens with zero attached hydrogens (tertiary/aromatic N) is 3. The summed E-state index contributed by atoms with van der Waals surface area (Å²) in [4.78, 5) is 25.0. The van der Waals surface area contributed by atoms with Gasteiger partial charge < -0.3 is 14.6 Å². The number of rotatable bonds is 8. The van der Waals surface area contributed by atoms with Crippen LogP contribution in [-0.4, -0.2) is 39.3 Å². The molecular formula is C21H20Cl2N4O3S. The summed E-state index contributed by atoms with van der Waals surface area (Å²) < 4.78 is 6.86. The molecule has 0 unspecified atom stereocenters. The molecule has 31 heavy (non-hydrogen) atoms. The quantitative estimate of drug-likeness (QED) is 0.376. The summed E-state index contributed by atoms with van der Waals surface area (Å²) in [7, 11) is 3.36. The Kier molecular flexibility index (Phi) is 7.59. The van der Waals surface area contributed by atoms with E-state index >= 15 is 0 Å². The average molecular weight is 479 g/mol. The van der Waals surface area contributed by atoms with Crippen LogP contribution >= 0.6 is 35.0 Å². The largest absolute Gasteiger partial charge is 0.497 e. The van der Waals surface area contributed by atoms with E-state index in [0.29, 0.717) is 32.9 Å². The number of benzene rings is 2. The van der Waals surface area contributed by atoms with Crippen LogP contribution in [0.2, 0.25) is 10.0 Å². The number of ketones is 1. The molecule has 0 fully saturated rings. The molecule has 1 atom stereocenters. The van der Waals surface area contributed by atoms with Crippen molar-refractivity contribution in [3.05, 3.63) is 69.5 Å². The molecule has 0 aliphatic carbocycles. The Morgan fingerprint density at radius 3 is 2.52 bits per heavy atom. The van der Waals surface area contributed by atoms with E-state index in [4.69, 9.17) is 27.9 Å². The lowest BCUT2D eigenvalue weighted by molar-refractivity contribution is 0.0937. The lowest BCUT2D eigenvalue weighted by Gasteiger charge is -2.14. The van der Waals surface area contributed by atoms with Gasteiger partial charge in [-0.1, -0.05) is 35.0 Å². The van der Waals surface area contributed by atoms with Gasteiger partial charge in [0.15, 0.2) is 16.8 Å². The Labute approximate surface area is 194 Å². The van der Waals surface area contributed by atoms with E-state index in [1.807, 2.05) is 0 Å². The first-order valence-corrected chi connectivity index (χ1v) is 11.0. The van der Waals surface area contributed by atoms with Gasteiger partial charge in [0.25, 0.3) is 5.91 Å². The van der Waals surface area contributed by atoms with Gasteiger partial charge in [-0.3, -0.25) is 9.59 Å². The topological polar surface area (TPSA) is 86.1 Å². The smallest absolute Gasteiger partial charge is 0.253 e. The zero-order valence-electron chi connectivity index (χ0n) is 17.1. The standard InChI is InChI=1S/C21H20Cl2N4O3S/c1-12(24-20(29)16-9-6-14(22)10-17(16)23)19-25-26-21(27(19)2)31-11-18(28)13-4-7-15(30-3)8-5-13/h4-10,12H,11H2,1-3H3,(H,24,29)/t12-/m0/s1. The number of nitrogens with one attached hydrogen (secondary N) is 1. The molecule has 0 spiro atoms. The predicted molar refractivity (Wildman–Crippen MR) is 121 cm³/mol. The highest BCUT2D eigenvalue weighted by atomic mass is 35.5. The van der Waals surface area contributed by atoms with Gasteiger partial charge in [-0.15, -0.1) is 10.2 Å². The maximum atomic E-state index is 12.5. The maximum Gasteiger partial charge on any atom is 0.253 e. The first kappa shape index (κ1) is 23.1. The van der Waals surface area contributed by atoms with Gasteiger partial charge in [0.05, 0.1) is 29.5 Å². The minimum absolute atomic E-state index is 0.0315. The maximum absolute atomic E-state index is 12.5. The van der Waals surface area contributed by atoms with Gasteiger partial charge in [0.1, 0.15) is 5.75 Å². The number of ether oxygens (including phenoxy) is 1. The van der Waals surface area contributed by atoms with Crippen molar-refractivity contribution >= 4 is 46.7 Å². The molecule has 3 aromatic rings. The molecule has 0 saturated carbocycles. The molecule has 1 amide bonds. The summed E-state index contributed by atoms with van der Waals surface area (Å²) in [5.74, 6) is 1.08. The molecule has 3 rings (SSSR count). The summed E-state index contributed by atoms with van der Waals surface area (Å²) in [6.07, 6.45) is 0. The molecule has 0 aliphatic rings. The Hall–Kier alpha value is -2.55. The molecule has 0 saturated heterocycles. The monoisotopic (exact) mass is 478 g/mol. The number of Topliss-reactive ketones (excluding diaryl/α,β-unsaturated/α-hetero) is 1. The van der Waals surface area contributed by atoms with Gasteiger partial charge in [0, 0.05) is 17.6 Å². The van der Waals surface area contributed by atoms with Crippen molar-refractivity contribution in [1.82, 2.24) is 20.1 Å². The SMILES string of the molecule is COc1ccc(C(=O)CSc2nnc([C@H](C)NC(=O)c3ccc(Cl)cc3Cl)n2C)cc1. The lowest BCUT2D eigenvalue weighted by atomic mass is 10.1. The van der Waals surface area contributed by atoms with Crippen molar-refractivity contribution in [1.29, 1.82) is 0 Å². The van der Waals surface area contributed by atoms with Crippen molar-refractivity contribution in [3.63, 3.8) is 0 Å². The molecule has 0 aliphatic heterocycles. The van der Waals surface area contributed by atoms with Crippen molar-refractivity contribution in [2.24, 2.45) is 7.05 Å². The highest BCUT2D eigenvalue weighted by molar-refractivity contribution is 7.99. The summed E-state index contributed by atoms with van der Waals surface area (Å²) in [5.41, 5.74) is 0.913. The van der Waals surface area contributed by atoms with Crippen LogP contribution in [0.3, 0.4) is 0 Å². The third kappa shape index (κ3) is 5.58. The minimum atomic E-state index is -0.427. The zero-order chi connectivity index (χ0) is 22.5. The number of amides is 1. The second-order valence-corrected chi connectivity index (χ2v) is 8.45. The second-order valence-electron chi connectivity index (χ2n) is 6.66. The van der Waals surface area contributed by atoms with Crippen LogP contribution in [0.25, 0.3) is 0 Å². The third-order valence-electron chi connectivity index (χ3n) is 4.52.